The molecule has 1 unspecified atom stereocenters. The van der Waals surface area contributed by atoms with Crippen molar-refractivity contribution in [1.29, 1.82) is 0 Å². The Morgan fingerprint density at radius 3 is 1.90 bits per heavy atom. The van der Waals surface area contributed by atoms with Gasteiger partial charge in [0, 0.05) is 12.0 Å². The summed E-state index contributed by atoms with van der Waals surface area (Å²) in [6.07, 6.45) is -8.14. The summed E-state index contributed by atoms with van der Waals surface area (Å²) in [7, 11) is 0. The van der Waals surface area contributed by atoms with E-state index < -0.39 is 46.8 Å². The average Bonchev–Trinajstić information content (AvgIpc) is 3.07. The smallest absolute Gasteiger partial charge is 0.364 e. The average molecular weight is 434 g/mol. The number of carbonyl (C=O) groups excluding carboxylic acids is 1. The van der Waals surface area contributed by atoms with Crippen molar-refractivity contribution in [2.24, 2.45) is 5.10 Å². The molecule has 1 aliphatic heterocycles. The SMILES string of the molecule is O=C(c1ccccc1)N1N=C(c2ccccc2)CC1(O)C(F)(F)C(F)(F)C(F)(F)F. The molecule has 4 nitrogen and oxygen atoms in total. The number of halogens is 7. The van der Waals surface area contributed by atoms with Crippen LogP contribution in [-0.4, -0.2) is 45.5 Å². The Kier molecular flexibility index (Phi) is 5.13. The molecule has 0 spiro atoms. The van der Waals surface area contributed by atoms with Gasteiger partial charge in [-0.1, -0.05) is 48.5 Å². The Hall–Kier alpha value is -2.95. The van der Waals surface area contributed by atoms with E-state index in [1.54, 1.807) is 0 Å². The van der Waals surface area contributed by atoms with Gasteiger partial charge in [-0.05, 0) is 17.7 Å². The van der Waals surface area contributed by atoms with Crippen molar-refractivity contribution in [2.45, 2.75) is 30.2 Å². The van der Waals surface area contributed by atoms with Crippen LogP contribution >= 0.6 is 0 Å². The summed E-state index contributed by atoms with van der Waals surface area (Å²) in [5.74, 6) is -14.2. The molecule has 1 aliphatic rings. The fourth-order valence-electron chi connectivity index (χ4n) is 2.93. The van der Waals surface area contributed by atoms with E-state index in [-0.39, 0.29) is 11.1 Å². The van der Waals surface area contributed by atoms with Gasteiger partial charge in [0.25, 0.3) is 5.91 Å². The first-order valence-corrected chi connectivity index (χ1v) is 8.40. The summed E-state index contributed by atoms with van der Waals surface area (Å²) < 4.78 is 95.0. The summed E-state index contributed by atoms with van der Waals surface area (Å²) in [6.45, 7) is 0. The van der Waals surface area contributed by atoms with Gasteiger partial charge in [0.15, 0.2) is 0 Å². The minimum atomic E-state index is -6.69. The number of hydrazone groups is 1. The Labute approximate surface area is 165 Å². The summed E-state index contributed by atoms with van der Waals surface area (Å²) in [5, 5.41) is 13.6. The molecule has 160 valence electrons. The van der Waals surface area contributed by atoms with Crippen LogP contribution in [0.5, 0.6) is 0 Å². The first-order valence-electron chi connectivity index (χ1n) is 8.40. The second-order valence-corrected chi connectivity index (χ2v) is 6.54. The maximum absolute atomic E-state index is 14.6. The van der Waals surface area contributed by atoms with E-state index in [2.05, 4.69) is 5.10 Å². The Morgan fingerprint density at radius 1 is 0.900 bits per heavy atom. The summed E-state index contributed by atoms with van der Waals surface area (Å²) in [6, 6.07) is 13.3. The second kappa shape index (κ2) is 7.08. The highest BCUT2D eigenvalue weighted by Gasteiger charge is 2.82. The maximum atomic E-state index is 14.6. The third-order valence-electron chi connectivity index (χ3n) is 4.56. The van der Waals surface area contributed by atoms with Gasteiger partial charge in [-0.3, -0.25) is 4.79 Å². The van der Waals surface area contributed by atoms with Gasteiger partial charge in [-0.15, -0.1) is 0 Å². The number of hydrogen-bond donors (Lipinski definition) is 1. The van der Waals surface area contributed by atoms with Crippen LogP contribution in [-0.2, 0) is 0 Å². The molecule has 1 N–H and O–H groups in total. The van der Waals surface area contributed by atoms with Gasteiger partial charge in [0.05, 0.1) is 5.71 Å². The van der Waals surface area contributed by atoms with Crippen molar-refractivity contribution in [2.75, 3.05) is 0 Å². The van der Waals surface area contributed by atoms with Gasteiger partial charge in [-0.2, -0.15) is 40.8 Å². The molecule has 2 aromatic rings. The van der Waals surface area contributed by atoms with Crippen LogP contribution < -0.4 is 0 Å². The lowest BCUT2D eigenvalue weighted by Gasteiger charge is -2.41. The lowest BCUT2D eigenvalue weighted by molar-refractivity contribution is -0.400. The van der Waals surface area contributed by atoms with Gasteiger partial charge >= 0.3 is 18.0 Å². The van der Waals surface area contributed by atoms with E-state index in [4.69, 9.17) is 0 Å². The number of rotatable bonds is 4. The van der Waals surface area contributed by atoms with Gasteiger partial charge in [0.1, 0.15) is 0 Å². The minimum absolute atomic E-state index is 0.0606. The van der Waals surface area contributed by atoms with Crippen LogP contribution in [0.3, 0.4) is 0 Å². The fourth-order valence-corrected chi connectivity index (χ4v) is 2.93. The number of aliphatic hydroxyl groups is 1. The predicted molar refractivity (Wildman–Crippen MR) is 91.1 cm³/mol. The zero-order valence-corrected chi connectivity index (χ0v) is 14.9. The molecule has 11 heteroatoms. The number of carbonyl (C=O) groups is 1. The second-order valence-electron chi connectivity index (χ2n) is 6.54. The molecular formula is C19H13F7N2O2. The molecule has 0 saturated carbocycles. The number of amides is 1. The molecule has 0 radical (unpaired) electrons. The zero-order chi connectivity index (χ0) is 22.4. The van der Waals surface area contributed by atoms with Crippen molar-refractivity contribution in [3.8, 4) is 0 Å². The van der Waals surface area contributed by atoms with Crippen molar-refractivity contribution in [3.63, 3.8) is 0 Å². The number of hydrogen-bond acceptors (Lipinski definition) is 3. The molecule has 2 aromatic carbocycles. The third-order valence-corrected chi connectivity index (χ3v) is 4.56. The van der Waals surface area contributed by atoms with E-state index in [1.165, 1.54) is 48.5 Å². The first kappa shape index (κ1) is 21.8. The van der Waals surface area contributed by atoms with E-state index in [0.717, 1.165) is 12.1 Å². The maximum Gasteiger partial charge on any atom is 0.460 e. The molecule has 1 heterocycles. The van der Waals surface area contributed by atoms with Crippen molar-refractivity contribution >= 4 is 11.6 Å². The van der Waals surface area contributed by atoms with Gasteiger partial charge < -0.3 is 5.11 Å². The zero-order valence-electron chi connectivity index (χ0n) is 14.9. The molecule has 0 aromatic heterocycles. The molecule has 1 amide bonds. The summed E-state index contributed by atoms with van der Waals surface area (Å²) >= 11 is 0. The van der Waals surface area contributed by atoms with E-state index in [0.29, 0.717) is 0 Å². The van der Waals surface area contributed by atoms with Crippen LogP contribution in [0, 0.1) is 0 Å². The molecule has 30 heavy (non-hydrogen) atoms. The fraction of sp³-hybridized carbons (Fsp3) is 0.263. The monoisotopic (exact) mass is 434 g/mol. The van der Waals surface area contributed by atoms with Gasteiger partial charge in [-0.25, -0.2) is 0 Å². The van der Waals surface area contributed by atoms with Gasteiger partial charge in [0.2, 0.25) is 5.72 Å². The molecule has 0 saturated heterocycles. The van der Waals surface area contributed by atoms with E-state index >= 15 is 0 Å². The molecule has 0 fully saturated rings. The van der Waals surface area contributed by atoms with Crippen molar-refractivity contribution in [1.82, 2.24) is 5.01 Å². The highest BCUT2D eigenvalue weighted by Crippen LogP contribution is 2.54. The lowest BCUT2D eigenvalue weighted by Crippen LogP contribution is -2.69. The number of alkyl halides is 7. The number of nitrogens with zero attached hydrogens (tertiary/aromatic N) is 2. The third kappa shape index (κ3) is 3.22. The normalized spacial score (nSPS) is 20.3. The van der Waals surface area contributed by atoms with E-state index in [1.807, 2.05) is 0 Å². The van der Waals surface area contributed by atoms with Crippen LogP contribution in [0.25, 0.3) is 0 Å². The molecule has 3 rings (SSSR count). The van der Waals surface area contributed by atoms with E-state index in [9.17, 15) is 40.6 Å². The lowest BCUT2D eigenvalue weighted by atomic mass is 9.91. The van der Waals surface area contributed by atoms with Crippen LogP contribution in [0.4, 0.5) is 30.7 Å². The highest BCUT2D eigenvalue weighted by atomic mass is 19.4. The van der Waals surface area contributed by atoms with Crippen LogP contribution in [0.15, 0.2) is 65.8 Å². The molecule has 0 aliphatic carbocycles. The minimum Gasteiger partial charge on any atom is -0.364 e. The van der Waals surface area contributed by atoms with Crippen LogP contribution in [0.2, 0.25) is 0 Å². The molecular weight excluding hydrogens is 421 g/mol. The molecule has 1 atom stereocenters. The molecule has 0 bridgehead atoms. The van der Waals surface area contributed by atoms with Crippen molar-refractivity contribution < 1.29 is 40.6 Å². The number of benzene rings is 2. The van der Waals surface area contributed by atoms with Crippen molar-refractivity contribution in [3.05, 3.63) is 71.8 Å². The summed E-state index contributed by atoms with van der Waals surface area (Å²) in [4.78, 5) is 12.7. The largest absolute Gasteiger partial charge is 0.460 e. The van der Waals surface area contributed by atoms with Crippen LogP contribution in [0.1, 0.15) is 22.3 Å². The Bertz CT molecular complexity index is 962. The highest BCUT2D eigenvalue weighted by molar-refractivity contribution is 6.05. The standard InChI is InChI=1S/C19H13F7N2O2/c20-17(21,18(22,23)19(24,25)26)16(30)11-14(12-7-3-1-4-8-12)27-28(16)15(29)13-9-5-2-6-10-13/h1-10,30H,11H2. The Balaban J connectivity index is 2.15. The quantitative estimate of drug-likeness (QED) is 0.723. The first-order chi connectivity index (χ1) is 13.8. The Morgan fingerprint density at radius 2 is 1.40 bits per heavy atom. The predicted octanol–water partition coefficient (Wildman–Crippen LogP) is 4.46. The topological polar surface area (TPSA) is 52.9 Å². The summed E-state index contributed by atoms with van der Waals surface area (Å²) in [5.41, 5.74) is -5.02.